The van der Waals surface area contributed by atoms with Crippen LogP contribution in [0.1, 0.15) is 53.0 Å². The maximum Gasteiger partial charge on any atom is 0.261 e. The topological polar surface area (TPSA) is 66.4 Å². The molecule has 4 nitrogen and oxygen atoms in total. The van der Waals surface area contributed by atoms with Crippen LogP contribution in [-0.4, -0.2) is 23.5 Å². The fraction of sp³-hybridized carbons (Fsp3) is 0.391. The van der Waals surface area contributed by atoms with Crippen LogP contribution < -0.4 is 5.32 Å². The van der Waals surface area contributed by atoms with Crippen molar-refractivity contribution in [2.45, 2.75) is 53.1 Å². The van der Waals surface area contributed by atoms with Gasteiger partial charge in [0.1, 0.15) is 0 Å². The van der Waals surface area contributed by atoms with Crippen LogP contribution >= 0.6 is 9.24 Å². The minimum atomic E-state index is -1.84. The molecule has 2 atom stereocenters. The number of fused-ring (bicyclic) bond motifs is 1. The molecule has 0 aliphatic carbocycles. The van der Waals surface area contributed by atoms with Crippen molar-refractivity contribution in [3.05, 3.63) is 65.3 Å². The number of carbonyl (C=O) groups excluding carboxylic acids is 2. The summed E-state index contributed by atoms with van der Waals surface area (Å²) in [7, 11) is 2.42. The van der Waals surface area contributed by atoms with Crippen molar-refractivity contribution < 1.29 is 14.7 Å². The molecule has 1 heterocycles. The molecule has 2 unspecified atom stereocenters. The molecule has 2 rings (SSSR count). The van der Waals surface area contributed by atoms with Gasteiger partial charge in [-0.1, -0.05) is 64.4 Å². The number of amides is 1. The lowest BCUT2D eigenvalue weighted by Gasteiger charge is -2.20. The Morgan fingerprint density at radius 3 is 2.39 bits per heavy atom. The van der Waals surface area contributed by atoms with Gasteiger partial charge in [-0.25, -0.2) is 0 Å². The first-order chi connectivity index (χ1) is 12.9. The van der Waals surface area contributed by atoms with E-state index in [0.29, 0.717) is 16.8 Å². The third kappa shape index (κ3) is 5.50. The van der Waals surface area contributed by atoms with E-state index in [1.165, 1.54) is 11.6 Å². The average molecular weight is 404 g/mol. The van der Waals surface area contributed by atoms with Gasteiger partial charge in [-0.3, -0.25) is 9.59 Å². The number of rotatable bonds is 7. The summed E-state index contributed by atoms with van der Waals surface area (Å²) < 4.78 is 0. The highest BCUT2D eigenvalue weighted by molar-refractivity contribution is 7.15. The molecular weight excluding hydrogens is 369 g/mol. The second kappa shape index (κ2) is 11.7. The predicted molar refractivity (Wildman–Crippen MR) is 123 cm³/mol. The maximum absolute atomic E-state index is 12.8. The van der Waals surface area contributed by atoms with Gasteiger partial charge in [0.05, 0.1) is 6.42 Å². The number of carbonyl (C=O) groups is 2. The van der Waals surface area contributed by atoms with Gasteiger partial charge in [-0.15, -0.1) is 9.24 Å². The molecule has 0 saturated carbocycles. The Morgan fingerprint density at radius 1 is 1.25 bits per heavy atom. The second-order valence-electron chi connectivity index (χ2n) is 6.28. The normalized spacial score (nSPS) is 18.6. The van der Waals surface area contributed by atoms with Gasteiger partial charge in [0, 0.05) is 16.8 Å². The summed E-state index contributed by atoms with van der Waals surface area (Å²) in [6.07, 6.45) is 4.70. The Bertz CT molecular complexity index is 780. The van der Waals surface area contributed by atoms with E-state index in [-0.39, 0.29) is 19.6 Å². The first-order valence-corrected chi connectivity index (χ1v) is 10.3. The summed E-state index contributed by atoms with van der Waals surface area (Å²) >= 11 is 0. The fourth-order valence-corrected chi connectivity index (χ4v) is 3.01. The highest BCUT2D eigenvalue weighted by Crippen LogP contribution is 2.38. The zero-order chi connectivity index (χ0) is 20.6. The number of ketones is 1. The van der Waals surface area contributed by atoms with Crippen molar-refractivity contribution in [1.29, 1.82) is 0 Å². The Labute approximate surface area is 172 Å². The summed E-state index contributed by atoms with van der Waals surface area (Å²) in [5.41, 5.74) is 1.84. The summed E-state index contributed by atoms with van der Waals surface area (Å²) in [5, 5.41) is 13.5. The molecule has 5 heteroatoms. The summed E-state index contributed by atoms with van der Waals surface area (Å²) in [4.78, 5) is 25.0. The van der Waals surface area contributed by atoms with E-state index in [1.54, 1.807) is 24.3 Å². The van der Waals surface area contributed by atoms with Crippen LogP contribution in [0, 0.1) is 0 Å². The van der Waals surface area contributed by atoms with E-state index in [0.717, 1.165) is 18.4 Å². The van der Waals surface area contributed by atoms with Gasteiger partial charge in [-0.05, 0) is 37.5 Å². The molecule has 1 aromatic carbocycles. The molecule has 0 saturated heterocycles. The standard InChI is InChI=1S/C21H25NO3.CH5P.CH4/c1-5-14(4)15(6-2)12-16(7-3)19(23)13-21(25)17-10-8-9-11-18(17)22-20(21)24;1-2;/h7-12,25H,3,5-6,13H2,1-2,4H3,(H,22,24);2H2,1H3;1H4/b15-14+,16-12+;;. The van der Waals surface area contributed by atoms with Crippen molar-refractivity contribution >= 4 is 26.6 Å². The van der Waals surface area contributed by atoms with E-state index >= 15 is 0 Å². The quantitative estimate of drug-likeness (QED) is 0.375. The van der Waals surface area contributed by atoms with Gasteiger partial charge in [0.2, 0.25) is 0 Å². The number of allylic oxidation sites excluding steroid dienone is 5. The summed E-state index contributed by atoms with van der Waals surface area (Å²) in [6, 6.07) is 6.88. The predicted octanol–water partition coefficient (Wildman–Crippen LogP) is 5.16. The van der Waals surface area contributed by atoms with Crippen molar-refractivity contribution in [1.82, 2.24) is 0 Å². The lowest BCUT2D eigenvalue weighted by molar-refractivity contribution is -0.138. The molecule has 0 aromatic heterocycles. The van der Waals surface area contributed by atoms with Crippen LogP contribution in [-0.2, 0) is 15.2 Å². The molecule has 154 valence electrons. The van der Waals surface area contributed by atoms with E-state index < -0.39 is 11.5 Å². The molecule has 0 spiro atoms. The number of hydrogen-bond acceptors (Lipinski definition) is 3. The highest BCUT2D eigenvalue weighted by Gasteiger charge is 2.46. The van der Waals surface area contributed by atoms with Crippen molar-refractivity contribution in [3.8, 4) is 0 Å². The number of anilines is 1. The zero-order valence-corrected chi connectivity index (χ0v) is 17.8. The van der Waals surface area contributed by atoms with E-state index in [4.69, 9.17) is 0 Å². The molecule has 0 fully saturated rings. The second-order valence-corrected chi connectivity index (χ2v) is 6.28. The summed E-state index contributed by atoms with van der Waals surface area (Å²) in [5.74, 6) is -0.874. The lowest BCUT2D eigenvalue weighted by Crippen LogP contribution is -2.36. The van der Waals surface area contributed by atoms with Gasteiger partial charge >= 0.3 is 0 Å². The van der Waals surface area contributed by atoms with Crippen LogP contribution in [0.25, 0.3) is 0 Å². The van der Waals surface area contributed by atoms with Crippen LogP contribution in [0.15, 0.2) is 59.7 Å². The maximum atomic E-state index is 12.8. The van der Waals surface area contributed by atoms with Gasteiger partial charge in [0.15, 0.2) is 11.4 Å². The third-order valence-corrected chi connectivity index (χ3v) is 4.74. The highest BCUT2D eigenvalue weighted by atomic mass is 31.0. The molecule has 1 amide bonds. The Kier molecular flexibility index (Phi) is 10.9. The van der Waals surface area contributed by atoms with Crippen molar-refractivity contribution in [3.63, 3.8) is 0 Å². The van der Waals surface area contributed by atoms with E-state index in [2.05, 4.69) is 28.1 Å². The first-order valence-electron chi connectivity index (χ1n) is 9.14. The van der Waals surface area contributed by atoms with Crippen molar-refractivity contribution in [2.24, 2.45) is 0 Å². The number of hydrogen-bond donors (Lipinski definition) is 2. The fourth-order valence-electron chi connectivity index (χ4n) is 3.01. The molecular formula is C23H34NO3P. The number of nitrogens with one attached hydrogen (secondary N) is 1. The monoisotopic (exact) mass is 403 g/mol. The number of aliphatic hydroxyl groups is 1. The van der Waals surface area contributed by atoms with Crippen LogP contribution in [0.2, 0.25) is 0 Å². The minimum Gasteiger partial charge on any atom is -0.375 e. The Hall–Kier alpha value is -2.03. The molecule has 2 N–H and O–H groups in total. The summed E-state index contributed by atoms with van der Waals surface area (Å²) in [6.45, 7) is 11.8. The molecule has 0 radical (unpaired) electrons. The smallest absolute Gasteiger partial charge is 0.261 e. The van der Waals surface area contributed by atoms with Gasteiger partial charge in [-0.2, -0.15) is 0 Å². The van der Waals surface area contributed by atoms with E-state index in [9.17, 15) is 14.7 Å². The van der Waals surface area contributed by atoms with Crippen molar-refractivity contribution in [2.75, 3.05) is 12.0 Å². The Balaban J connectivity index is 0.00000235. The van der Waals surface area contributed by atoms with Gasteiger partial charge < -0.3 is 10.4 Å². The van der Waals surface area contributed by atoms with Gasteiger partial charge in [0.25, 0.3) is 5.91 Å². The number of benzene rings is 1. The molecule has 0 bridgehead atoms. The minimum absolute atomic E-state index is 0. The molecule has 1 aliphatic heterocycles. The first kappa shape index (κ1) is 26.0. The third-order valence-electron chi connectivity index (χ3n) is 4.74. The van der Waals surface area contributed by atoms with Crippen LogP contribution in [0.3, 0.4) is 0 Å². The molecule has 28 heavy (non-hydrogen) atoms. The lowest BCUT2D eigenvalue weighted by atomic mass is 9.87. The average Bonchev–Trinajstić information content (AvgIpc) is 2.94. The van der Waals surface area contributed by atoms with Crippen LogP contribution in [0.5, 0.6) is 0 Å². The number of para-hydroxylation sites is 1. The van der Waals surface area contributed by atoms with E-state index in [1.807, 2.05) is 26.6 Å². The SMILES string of the molecule is C.C=C/C(=C\C(CC)=C(/C)CC)C(=O)CC1(O)C(=O)Nc2ccccc21.CP. The largest absolute Gasteiger partial charge is 0.375 e. The zero-order valence-electron chi connectivity index (χ0n) is 16.6. The Morgan fingerprint density at radius 2 is 1.86 bits per heavy atom. The van der Waals surface area contributed by atoms with Crippen LogP contribution in [0.4, 0.5) is 5.69 Å². The molecule has 1 aromatic rings. The molecule has 1 aliphatic rings. The number of Topliss-reactive ketones (excluding diaryl/α,β-unsaturated/α-hetero) is 1.